The second kappa shape index (κ2) is 10.5. The number of rotatable bonds is 10. The van der Waals surface area contributed by atoms with E-state index in [4.69, 9.17) is 15.6 Å². The molecule has 0 bridgehead atoms. The third-order valence-corrected chi connectivity index (χ3v) is 14.1. The summed E-state index contributed by atoms with van der Waals surface area (Å²) in [7, 11) is 0. The van der Waals surface area contributed by atoms with E-state index in [1.807, 2.05) is 0 Å². The first kappa shape index (κ1) is 20.7. The molecule has 0 aromatic heterocycles. The summed E-state index contributed by atoms with van der Waals surface area (Å²) >= 11 is -3.45. The van der Waals surface area contributed by atoms with Crippen LogP contribution in [0.5, 0.6) is 0 Å². The van der Waals surface area contributed by atoms with Gasteiger partial charge in [-0.25, -0.2) is 0 Å². The molecular weight excluding hydrogens is 407 g/mol. The third-order valence-electron chi connectivity index (χ3n) is 3.82. The molecule has 0 aromatic rings. The predicted molar refractivity (Wildman–Crippen MR) is 88.2 cm³/mol. The molecular formula is C16H30O6Sn. The van der Waals surface area contributed by atoms with Crippen LogP contribution in [0.2, 0.25) is 8.87 Å². The number of carbonyl (C=O) groups excluding carboxylic acids is 2. The Hall–Kier alpha value is -0.341. The van der Waals surface area contributed by atoms with Gasteiger partial charge in [-0.05, 0) is 0 Å². The molecule has 0 unspecified atom stereocenters. The quantitative estimate of drug-likeness (QED) is 0.387. The van der Waals surface area contributed by atoms with Gasteiger partial charge in [-0.2, -0.15) is 0 Å². The molecule has 0 amide bonds. The van der Waals surface area contributed by atoms with Crippen molar-refractivity contribution in [2.45, 2.75) is 74.5 Å². The van der Waals surface area contributed by atoms with Gasteiger partial charge in [0.25, 0.3) is 0 Å². The number of hydrogen-bond donors (Lipinski definition) is 0. The van der Waals surface area contributed by atoms with Gasteiger partial charge >= 0.3 is 144 Å². The third kappa shape index (κ3) is 5.90. The minimum atomic E-state index is -3.45. The molecule has 1 aliphatic rings. The summed E-state index contributed by atoms with van der Waals surface area (Å²) < 4.78 is 24.2. The van der Waals surface area contributed by atoms with Crippen LogP contribution in [0.25, 0.3) is 0 Å². The first-order valence-electron chi connectivity index (χ1n) is 8.72. The fourth-order valence-electron chi connectivity index (χ4n) is 2.66. The van der Waals surface area contributed by atoms with E-state index in [1.54, 1.807) is 13.8 Å². The predicted octanol–water partition coefficient (Wildman–Crippen LogP) is 2.94. The molecule has 1 fully saturated rings. The van der Waals surface area contributed by atoms with Crippen molar-refractivity contribution in [2.24, 2.45) is 0 Å². The molecule has 134 valence electrons. The summed E-state index contributed by atoms with van der Waals surface area (Å²) in [6.07, 6.45) is 2.13. The topological polar surface area (TPSA) is 71.1 Å². The summed E-state index contributed by atoms with van der Waals surface area (Å²) in [4.78, 5) is 24.4. The number of carbonyl (C=O) groups is 2. The van der Waals surface area contributed by atoms with E-state index in [9.17, 15) is 9.59 Å². The van der Waals surface area contributed by atoms with Crippen molar-refractivity contribution in [3.8, 4) is 0 Å². The van der Waals surface area contributed by atoms with Crippen LogP contribution in [-0.2, 0) is 25.2 Å². The minimum absolute atomic E-state index is 0.251. The maximum atomic E-state index is 12.2. The number of ether oxygens (including phenoxy) is 2. The van der Waals surface area contributed by atoms with Crippen LogP contribution in [0, 0.1) is 0 Å². The van der Waals surface area contributed by atoms with Gasteiger partial charge < -0.3 is 0 Å². The van der Waals surface area contributed by atoms with E-state index >= 15 is 0 Å². The van der Waals surface area contributed by atoms with Gasteiger partial charge in [0.15, 0.2) is 0 Å². The van der Waals surface area contributed by atoms with E-state index < -0.39 is 43.4 Å². The van der Waals surface area contributed by atoms with Crippen molar-refractivity contribution in [1.82, 2.24) is 0 Å². The second-order valence-corrected chi connectivity index (χ2v) is 15.1. The molecule has 0 aromatic carbocycles. The molecule has 23 heavy (non-hydrogen) atoms. The molecule has 2 atom stereocenters. The Morgan fingerprint density at radius 2 is 1.22 bits per heavy atom. The van der Waals surface area contributed by atoms with Gasteiger partial charge in [0.1, 0.15) is 0 Å². The van der Waals surface area contributed by atoms with Crippen LogP contribution >= 0.6 is 0 Å². The molecule has 1 saturated heterocycles. The molecule has 0 saturated carbocycles. The molecule has 1 aliphatic heterocycles. The van der Waals surface area contributed by atoms with Gasteiger partial charge in [-0.3, -0.25) is 0 Å². The van der Waals surface area contributed by atoms with Crippen LogP contribution in [0.15, 0.2) is 0 Å². The Morgan fingerprint density at radius 1 is 0.826 bits per heavy atom. The van der Waals surface area contributed by atoms with Crippen molar-refractivity contribution in [2.75, 3.05) is 13.2 Å². The molecule has 0 N–H and O–H groups in total. The first-order valence-corrected chi connectivity index (χ1v) is 15.1. The van der Waals surface area contributed by atoms with Crippen LogP contribution < -0.4 is 0 Å². The Balaban J connectivity index is 2.96. The summed E-state index contributed by atoms with van der Waals surface area (Å²) in [5.74, 6) is -1.03. The zero-order chi connectivity index (χ0) is 17.3. The van der Waals surface area contributed by atoms with E-state index in [2.05, 4.69) is 13.8 Å². The zero-order valence-electron chi connectivity index (χ0n) is 14.8. The zero-order valence-corrected chi connectivity index (χ0v) is 17.6. The Morgan fingerprint density at radius 3 is 1.52 bits per heavy atom. The SMILES string of the molecule is CCC[CH2][Sn]1([CH2]CCC)[O][C@H](C(=O)OCC)[C@@H](C(=O)OCC)[O]1. The van der Waals surface area contributed by atoms with Gasteiger partial charge in [-0.15, -0.1) is 0 Å². The van der Waals surface area contributed by atoms with E-state index in [-0.39, 0.29) is 13.2 Å². The maximum absolute atomic E-state index is 12.2. The molecule has 6 nitrogen and oxygen atoms in total. The molecule has 0 radical (unpaired) electrons. The molecule has 0 spiro atoms. The van der Waals surface area contributed by atoms with Crippen LogP contribution in [0.1, 0.15) is 53.4 Å². The van der Waals surface area contributed by atoms with Crippen molar-refractivity contribution < 1.29 is 25.2 Å². The molecule has 1 heterocycles. The normalized spacial score (nSPS) is 22.8. The summed E-state index contributed by atoms with van der Waals surface area (Å²) in [5.41, 5.74) is 0. The standard InChI is InChI=1S/C8H12O6.2C4H9.Sn/c1-3-13-7(11)5(9)6(10)8(12)14-4-2;2*1-3-4-2;/h5-6H,3-4H2,1-2H3;2*1,3-4H2,2H3;/q-2;;;+2/t5-,6-;;;/m0.../s1. The Labute approximate surface area is 144 Å². The van der Waals surface area contributed by atoms with E-state index in [0.29, 0.717) is 0 Å². The number of unbranched alkanes of at least 4 members (excludes halogenated alkanes) is 2. The molecule has 1 rings (SSSR count). The van der Waals surface area contributed by atoms with Gasteiger partial charge in [0.2, 0.25) is 0 Å². The van der Waals surface area contributed by atoms with Gasteiger partial charge in [-0.1, -0.05) is 0 Å². The Kier molecular flexibility index (Phi) is 9.46. The van der Waals surface area contributed by atoms with Gasteiger partial charge in [0.05, 0.1) is 0 Å². The van der Waals surface area contributed by atoms with Crippen molar-refractivity contribution in [3.63, 3.8) is 0 Å². The fourth-order valence-corrected chi connectivity index (χ4v) is 13.9. The van der Waals surface area contributed by atoms with Crippen LogP contribution in [-0.4, -0.2) is 56.6 Å². The summed E-state index contributed by atoms with van der Waals surface area (Å²) in [6, 6.07) is 0. The van der Waals surface area contributed by atoms with Crippen LogP contribution in [0.3, 0.4) is 0 Å². The molecule has 0 aliphatic carbocycles. The number of hydrogen-bond acceptors (Lipinski definition) is 6. The second-order valence-electron chi connectivity index (χ2n) is 5.70. The fraction of sp³-hybridized carbons (Fsp3) is 0.875. The summed E-state index contributed by atoms with van der Waals surface area (Å²) in [6.45, 7) is 8.19. The van der Waals surface area contributed by atoms with E-state index in [0.717, 1.165) is 34.6 Å². The summed E-state index contributed by atoms with van der Waals surface area (Å²) in [5, 5.41) is 0. The van der Waals surface area contributed by atoms with E-state index in [1.165, 1.54) is 0 Å². The van der Waals surface area contributed by atoms with Crippen molar-refractivity contribution >= 4 is 31.1 Å². The van der Waals surface area contributed by atoms with Crippen molar-refractivity contribution in [1.29, 1.82) is 0 Å². The molecule has 7 heteroatoms. The van der Waals surface area contributed by atoms with Crippen molar-refractivity contribution in [3.05, 3.63) is 0 Å². The van der Waals surface area contributed by atoms with Crippen LogP contribution in [0.4, 0.5) is 0 Å². The average molecular weight is 437 g/mol. The average Bonchev–Trinajstić information content (AvgIpc) is 2.92. The van der Waals surface area contributed by atoms with Gasteiger partial charge in [0, 0.05) is 0 Å². The number of esters is 2. The first-order chi connectivity index (χ1) is 11.0. The monoisotopic (exact) mass is 438 g/mol. The Bertz CT molecular complexity index is 351.